The molecule has 2 aliphatic carbocycles. The largest absolute Gasteiger partial charge is 0.497 e. The normalized spacial score (nSPS) is 29.5. The summed E-state index contributed by atoms with van der Waals surface area (Å²) >= 11 is 1.46. The Bertz CT molecular complexity index is 1030. The van der Waals surface area contributed by atoms with E-state index >= 15 is 0 Å². The fourth-order valence-electron chi connectivity index (χ4n) is 6.29. The van der Waals surface area contributed by atoms with E-state index in [2.05, 4.69) is 40.9 Å². The molecule has 184 valence electrons. The average molecular weight is 485 g/mol. The van der Waals surface area contributed by atoms with Crippen LogP contribution in [0.5, 0.6) is 5.75 Å². The standard InChI is InChI=1S/C26H36N4O3S/c1-25(2)18-11-12-26(25,3)21(14-18)27-22(31)16-34-24-29-28-23(17-7-9-19(32-4)10-8-17)30(24)15-20-6-5-13-33-20/h7-10,18,20-21H,5-6,11-16H2,1-4H3,(H,27,31)/t18-,20-,21-,26-/m1/s1. The Morgan fingerprint density at radius 3 is 2.65 bits per heavy atom. The summed E-state index contributed by atoms with van der Waals surface area (Å²) in [4.78, 5) is 13.0. The first-order valence-corrected chi connectivity index (χ1v) is 13.4. The van der Waals surface area contributed by atoms with Gasteiger partial charge in [0.2, 0.25) is 5.91 Å². The maximum absolute atomic E-state index is 13.0. The number of methoxy groups -OCH3 is 1. The Hall–Kier alpha value is -2.06. The molecule has 1 aliphatic heterocycles. The van der Waals surface area contributed by atoms with E-state index in [4.69, 9.17) is 9.47 Å². The van der Waals surface area contributed by atoms with Crippen molar-refractivity contribution in [3.8, 4) is 17.1 Å². The Balaban J connectivity index is 1.29. The van der Waals surface area contributed by atoms with Gasteiger partial charge in [0.15, 0.2) is 11.0 Å². The number of carbonyl (C=O) groups is 1. The fraction of sp³-hybridized carbons (Fsp3) is 0.654. The van der Waals surface area contributed by atoms with Gasteiger partial charge in [-0.2, -0.15) is 0 Å². The van der Waals surface area contributed by atoms with Gasteiger partial charge in [0.05, 0.1) is 25.5 Å². The van der Waals surface area contributed by atoms with Crippen molar-refractivity contribution < 1.29 is 14.3 Å². The van der Waals surface area contributed by atoms with Crippen molar-refractivity contribution in [2.75, 3.05) is 19.5 Å². The predicted molar refractivity (Wildman–Crippen MR) is 133 cm³/mol. The second kappa shape index (κ2) is 9.19. The lowest BCUT2D eigenvalue weighted by atomic mass is 9.69. The number of amides is 1. The number of rotatable bonds is 8. The molecule has 4 atom stereocenters. The molecular weight excluding hydrogens is 448 g/mol. The van der Waals surface area contributed by atoms with Gasteiger partial charge in [0, 0.05) is 18.2 Å². The Morgan fingerprint density at radius 1 is 1.24 bits per heavy atom. The second-order valence-corrected chi connectivity index (χ2v) is 11.7. The molecule has 1 saturated heterocycles. The first-order chi connectivity index (χ1) is 16.3. The summed E-state index contributed by atoms with van der Waals surface area (Å²) in [6.07, 6.45) is 5.83. The van der Waals surface area contributed by atoms with Gasteiger partial charge < -0.3 is 14.8 Å². The Labute approximate surface area is 206 Å². The smallest absolute Gasteiger partial charge is 0.230 e. The van der Waals surface area contributed by atoms with Crippen LogP contribution in [0.3, 0.4) is 0 Å². The number of nitrogens with zero attached hydrogens (tertiary/aromatic N) is 3. The van der Waals surface area contributed by atoms with Crippen LogP contribution in [0.1, 0.15) is 52.9 Å². The molecule has 5 rings (SSSR count). The molecule has 0 spiro atoms. The topological polar surface area (TPSA) is 78.3 Å². The van der Waals surface area contributed by atoms with Gasteiger partial charge in [-0.3, -0.25) is 9.36 Å². The van der Waals surface area contributed by atoms with Crippen LogP contribution in [0.2, 0.25) is 0 Å². The van der Waals surface area contributed by atoms with E-state index in [1.165, 1.54) is 24.6 Å². The molecule has 2 saturated carbocycles. The van der Waals surface area contributed by atoms with Crippen molar-refractivity contribution in [3.05, 3.63) is 24.3 Å². The predicted octanol–water partition coefficient (Wildman–Crippen LogP) is 4.56. The van der Waals surface area contributed by atoms with Crippen LogP contribution < -0.4 is 10.1 Å². The maximum Gasteiger partial charge on any atom is 0.230 e. The van der Waals surface area contributed by atoms with E-state index in [0.29, 0.717) is 18.2 Å². The third-order valence-electron chi connectivity index (χ3n) is 8.94. The van der Waals surface area contributed by atoms with E-state index in [-0.39, 0.29) is 28.9 Å². The molecule has 3 fully saturated rings. The molecule has 1 amide bonds. The van der Waals surface area contributed by atoms with E-state index in [9.17, 15) is 4.79 Å². The van der Waals surface area contributed by atoms with Crippen molar-refractivity contribution in [1.82, 2.24) is 20.1 Å². The molecule has 0 radical (unpaired) electrons. The molecular formula is C26H36N4O3S. The quantitative estimate of drug-likeness (QED) is 0.554. The highest BCUT2D eigenvalue weighted by atomic mass is 32.2. The first-order valence-electron chi connectivity index (χ1n) is 12.4. The lowest BCUT2D eigenvalue weighted by Gasteiger charge is -2.39. The highest BCUT2D eigenvalue weighted by molar-refractivity contribution is 7.99. The van der Waals surface area contributed by atoms with Crippen LogP contribution in [0.25, 0.3) is 11.4 Å². The lowest BCUT2D eigenvalue weighted by Crippen LogP contribution is -2.47. The zero-order valence-corrected chi connectivity index (χ0v) is 21.5. The van der Waals surface area contributed by atoms with Gasteiger partial charge >= 0.3 is 0 Å². The highest BCUT2D eigenvalue weighted by Gasteiger charge is 2.61. The second-order valence-electron chi connectivity index (χ2n) is 10.8. The Kier molecular flexibility index (Phi) is 6.40. The summed E-state index contributed by atoms with van der Waals surface area (Å²) in [6.45, 7) is 8.60. The number of nitrogens with one attached hydrogen (secondary N) is 1. The third kappa shape index (κ3) is 4.13. The van der Waals surface area contributed by atoms with E-state index in [0.717, 1.165) is 48.2 Å². The minimum Gasteiger partial charge on any atom is -0.497 e. The van der Waals surface area contributed by atoms with Crippen molar-refractivity contribution in [1.29, 1.82) is 0 Å². The zero-order valence-electron chi connectivity index (χ0n) is 20.7. The van der Waals surface area contributed by atoms with Gasteiger partial charge in [-0.1, -0.05) is 32.5 Å². The average Bonchev–Trinajstić information content (AvgIpc) is 3.57. The van der Waals surface area contributed by atoms with Gasteiger partial charge in [0.25, 0.3) is 0 Å². The molecule has 0 unspecified atom stereocenters. The van der Waals surface area contributed by atoms with Gasteiger partial charge in [0.1, 0.15) is 5.75 Å². The highest BCUT2D eigenvalue weighted by Crippen LogP contribution is 2.65. The van der Waals surface area contributed by atoms with Crippen LogP contribution in [-0.4, -0.2) is 52.3 Å². The van der Waals surface area contributed by atoms with Crippen molar-refractivity contribution in [2.45, 2.75) is 76.7 Å². The van der Waals surface area contributed by atoms with Crippen molar-refractivity contribution >= 4 is 17.7 Å². The summed E-state index contributed by atoms with van der Waals surface area (Å²) in [5.41, 5.74) is 1.44. The third-order valence-corrected chi connectivity index (χ3v) is 9.90. The van der Waals surface area contributed by atoms with E-state index in [1.807, 2.05) is 24.3 Å². The summed E-state index contributed by atoms with van der Waals surface area (Å²) in [7, 11) is 1.66. The van der Waals surface area contributed by atoms with Crippen LogP contribution >= 0.6 is 11.8 Å². The lowest BCUT2D eigenvalue weighted by molar-refractivity contribution is -0.120. The molecule has 7 nitrogen and oxygen atoms in total. The number of thioether (sulfide) groups is 1. The molecule has 34 heavy (non-hydrogen) atoms. The number of hydrogen-bond donors (Lipinski definition) is 1. The number of fused-ring (bicyclic) bond motifs is 2. The van der Waals surface area contributed by atoms with Crippen molar-refractivity contribution in [2.24, 2.45) is 16.7 Å². The summed E-state index contributed by atoms with van der Waals surface area (Å²) < 4.78 is 13.3. The van der Waals surface area contributed by atoms with Gasteiger partial charge in [-0.25, -0.2) is 0 Å². The molecule has 1 aromatic heterocycles. The van der Waals surface area contributed by atoms with E-state index < -0.39 is 0 Å². The van der Waals surface area contributed by atoms with Gasteiger partial charge in [-0.05, 0) is 73.1 Å². The number of ether oxygens (including phenoxy) is 2. The number of aromatic nitrogens is 3. The summed E-state index contributed by atoms with van der Waals surface area (Å²) in [5.74, 6) is 2.72. The maximum atomic E-state index is 13.0. The minimum absolute atomic E-state index is 0.0808. The number of benzene rings is 1. The van der Waals surface area contributed by atoms with Gasteiger partial charge in [-0.15, -0.1) is 10.2 Å². The van der Waals surface area contributed by atoms with Crippen LogP contribution in [0.15, 0.2) is 29.4 Å². The molecule has 8 heteroatoms. The molecule has 1 N–H and O–H groups in total. The number of carbonyl (C=O) groups excluding carboxylic acids is 1. The Morgan fingerprint density at radius 2 is 2.03 bits per heavy atom. The van der Waals surface area contributed by atoms with Crippen molar-refractivity contribution in [3.63, 3.8) is 0 Å². The zero-order chi connectivity index (χ0) is 23.9. The molecule has 2 bridgehead atoms. The molecule has 3 aliphatic rings. The SMILES string of the molecule is COc1ccc(-c2nnc(SCC(=O)N[C@@H]3C[C@H]4CC[C@@]3(C)C4(C)C)n2C[C@H]2CCCO2)cc1. The monoisotopic (exact) mass is 484 g/mol. The van der Waals surface area contributed by atoms with Crippen LogP contribution in [0.4, 0.5) is 0 Å². The van der Waals surface area contributed by atoms with Crippen LogP contribution in [-0.2, 0) is 16.1 Å². The minimum atomic E-state index is 0.0808. The summed E-state index contributed by atoms with van der Waals surface area (Å²) in [6, 6.07) is 8.10. The van der Waals surface area contributed by atoms with Crippen LogP contribution in [0, 0.1) is 16.7 Å². The first kappa shape index (κ1) is 23.7. The fourth-order valence-corrected chi connectivity index (χ4v) is 7.05. The van der Waals surface area contributed by atoms with E-state index in [1.54, 1.807) is 7.11 Å². The number of hydrogen-bond acceptors (Lipinski definition) is 6. The molecule has 2 aromatic rings. The summed E-state index contributed by atoms with van der Waals surface area (Å²) in [5, 5.41) is 13.1. The molecule has 2 heterocycles. The molecule has 1 aromatic carbocycles.